The molecular weight excluding hydrogens is 223 g/mol. The average molecular weight is 230 g/mol. The van der Waals surface area contributed by atoms with Crippen LogP contribution in [0.3, 0.4) is 0 Å². The van der Waals surface area contributed by atoms with Gasteiger partial charge in [0.25, 0.3) is 0 Å². The molecule has 0 unspecified atom stereocenters. The molecule has 0 heterocycles. The molecule has 1 rings (SSSR count). The average Bonchev–Trinajstić information content (AvgIpc) is 2.07. The van der Waals surface area contributed by atoms with Gasteiger partial charge in [0.1, 0.15) is 0 Å². The molecule has 0 amide bonds. The van der Waals surface area contributed by atoms with Gasteiger partial charge in [0, 0.05) is 32.7 Å². The molecule has 1 nitrogen and oxygen atoms in total. The van der Waals surface area contributed by atoms with E-state index in [1.165, 1.54) is 0 Å². The molecule has 1 aromatic rings. The van der Waals surface area contributed by atoms with Crippen LogP contribution in [0.4, 0.5) is 5.69 Å². The van der Waals surface area contributed by atoms with Crippen molar-refractivity contribution in [1.82, 2.24) is 0 Å². The van der Waals surface area contributed by atoms with Crippen LogP contribution in [-0.2, 0) is 32.7 Å². The van der Waals surface area contributed by atoms with Crippen molar-refractivity contribution in [3.05, 3.63) is 30.3 Å². The van der Waals surface area contributed by atoms with E-state index >= 15 is 0 Å². The van der Waals surface area contributed by atoms with Gasteiger partial charge < -0.3 is 4.99 Å². The van der Waals surface area contributed by atoms with Gasteiger partial charge in [-0.1, -0.05) is 6.92 Å². The predicted molar refractivity (Wildman–Crippen MR) is 45.8 cm³/mol. The fourth-order valence-electron chi connectivity index (χ4n) is 0.597. The summed E-state index contributed by atoms with van der Waals surface area (Å²) in [7, 11) is 0. The number of nitrogens with zero attached hydrogens (tertiary/aromatic N) is 1. The number of hydrogen-bond acceptors (Lipinski definition) is 1. The molecule has 1 aromatic carbocycles. The van der Waals surface area contributed by atoms with E-state index in [0.717, 1.165) is 5.69 Å². The van der Waals surface area contributed by atoms with Crippen LogP contribution in [-0.4, -0.2) is 6.21 Å². The van der Waals surface area contributed by atoms with E-state index in [1.807, 2.05) is 18.2 Å². The molecule has 0 aromatic heterocycles. The third kappa shape index (κ3) is 4.44. The first kappa shape index (κ1) is 11.6. The van der Waals surface area contributed by atoms with Crippen LogP contribution in [0.2, 0.25) is 0 Å². The summed E-state index contributed by atoms with van der Waals surface area (Å²) in [6, 6.07) is 10.4. The van der Waals surface area contributed by atoms with Crippen molar-refractivity contribution in [2.24, 2.45) is 4.99 Å². The molecule has 0 saturated carbocycles. The van der Waals surface area contributed by atoms with E-state index in [2.05, 4.69) is 29.1 Å². The van der Waals surface area contributed by atoms with Gasteiger partial charge in [0.15, 0.2) is 0 Å². The predicted octanol–water partition coefficient (Wildman–Crippen LogP) is 2.09. The van der Waals surface area contributed by atoms with Crippen LogP contribution in [0.1, 0.15) is 6.92 Å². The summed E-state index contributed by atoms with van der Waals surface area (Å²) in [6.45, 7) is 1.75. The number of aliphatic imine (C=N–C) groups is 1. The standard InChI is InChI=1S/C10H7N.Y/c1-2-3-9-11-10-7-5-4-6-8-10;/h4-7H,1H3;/q-2;. The van der Waals surface area contributed by atoms with E-state index in [-0.39, 0.29) is 32.7 Å². The summed E-state index contributed by atoms with van der Waals surface area (Å²) in [5.41, 5.74) is 0.759. The summed E-state index contributed by atoms with van der Waals surface area (Å²) in [6.07, 6.45) is 2.58. The fourth-order valence-corrected chi connectivity index (χ4v) is 0.597. The molecule has 1 radical (unpaired) electrons. The van der Waals surface area contributed by atoms with Crippen molar-refractivity contribution in [3.8, 4) is 11.8 Å². The molecule has 0 atom stereocenters. The summed E-state index contributed by atoms with van der Waals surface area (Å²) < 4.78 is 0. The second-order valence-corrected chi connectivity index (χ2v) is 1.85. The van der Waals surface area contributed by atoms with Crippen LogP contribution < -0.4 is 0 Å². The van der Waals surface area contributed by atoms with Crippen LogP contribution in [0, 0.1) is 17.9 Å². The molecule has 0 fully saturated rings. The molecule has 12 heavy (non-hydrogen) atoms. The van der Waals surface area contributed by atoms with Crippen LogP contribution >= 0.6 is 0 Å². The molecule has 57 valence electrons. The Kier molecular flexibility index (Phi) is 6.95. The van der Waals surface area contributed by atoms with Gasteiger partial charge >= 0.3 is 0 Å². The third-order valence-electron chi connectivity index (χ3n) is 1.05. The van der Waals surface area contributed by atoms with Gasteiger partial charge in [-0.15, -0.1) is 0 Å². The quantitative estimate of drug-likeness (QED) is 0.398. The Bertz CT molecular complexity index is 293. The maximum Gasteiger partial charge on any atom is 0 e. The van der Waals surface area contributed by atoms with Gasteiger partial charge in [-0.25, -0.2) is 18.1 Å². The Morgan fingerprint density at radius 1 is 1.50 bits per heavy atom. The number of benzene rings is 1. The fraction of sp³-hybridized carbons (Fsp3) is 0.100. The topological polar surface area (TPSA) is 12.4 Å². The Morgan fingerprint density at radius 3 is 2.92 bits per heavy atom. The normalized spacial score (nSPS) is 8.42. The summed E-state index contributed by atoms with van der Waals surface area (Å²) in [4.78, 5) is 3.92. The molecule has 0 aliphatic heterocycles. The first-order chi connectivity index (χ1) is 5.43. The largest absolute Gasteiger partial charge is 0.402 e. The minimum Gasteiger partial charge on any atom is -0.402 e. The van der Waals surface area contributed by atoms with E-state index < -0.39 is 0 Å². The monoisotopic (exact) mass is 230 g/mol. The van der Waals surface area contributed by atoms with Crippen molar-refractivity contribution in [1.29, 1.82) is 0 Å². The van der Waals surface area contributed by atoms with Gasteiger partial charge in [0.05, 0.1) is 0 Å². The van der Waals surface area contributed by atoms with E-state index in [4.69, 9.17) is 0 Å². The molecule has 0 bridgehead atoms. The summed E-state index contributed by atoms with van der Waals surface area (Å²) in [5.74, 6) is 5.28. The van der Waals surface area contributed by atoms with Crippen LogP contribution in [0.5, 0.6) is 0 Å². The summed E-state index contributed by atoms with van der Waals surface area (Å²) in [5, 5.41) is 0. The van der Waals surface area contributed by atoms with Crippen molar-refractivity contribution in [2.45, 2.75) is 6.92 Å². The first-order valence-corrected chi connectivity index (χ1v) is 3.27. The number of hydrogen-bond donors (Lipinski definition) is 0. The van der Waals surface area contributed by atoms with Crippen molar-refractivity contribution in [3.63, 3.8) is 0 Å². The van der Waals surface area contributed by atoms with Gasteiger partial charge in [-0.3, -0.25) is 5.92 Å². The van der Waals surface area contributed by atoms with Gasteiger partial charge in [-0.05, 0) is 6.21 Å². The van der Waals surface area contributed by atoms with Crippen molar-refractivity contribution >= 4 is 11.9 Å². The van der Waals surface area contributed by atoms with E-state index in [9.17, 15) is 0 Å². The SMILES string of the molecule is CC#C[C-]=Nc1[c-]cccc1.[Y]. The van der Waals surface area contributed by atoms with Gasteiger partial charge in [-0.2, -0.15) is 23.9 Å². The summed E-state index contributed by atoms with van der Waals surface area (Å²) >= 11 is 0. The van der Waals surface area contributed by atoms with E-state index in [0.29, 0.717) is 0 Å². The van der Waals surface area contributed by atoms with Crippen LogP contribution in [0.25, 0.3) is 0 Å². The molecule has 0 N–H and O–H groups in total. The minimum absolute atomic E-state index is 0. The Balaban J connectivity index is 0.00000121. The Morgan fingerprint density at radius 2 is 2.33 bits per heavy atom. The van der Waals surface area contributed by atoms with E-state index in [1.54, 1.807) is 13.0 Å². The maximum absolute atomic E-state index is 3.92. The van der Waals surface area contributed by atoms with Gasteiger partial charge in [0.2, 0.25) is 0 Å². The van der Waals surface area contributed by atoms with Crippen LogP contribution in [0.15, 0.2) is 29.3 Å². The molecule has 2 heteroatoms. The minimum atomic E-state index is 0. The number of rotatable bonds is 1. The first-order valence-electron chi connectivity index (χ1n) is 3.27. The molecular formula is C10H7NY-2. The second kappa shape index (κ2) is 7.22. The Hall–Kier alpha value is -0.446. The number of para-hydroxylation sites is 1. The van der Waals surface area contributed by atoms with Crippen molar-refractivity contribution in [2.75, 3.05) is 0 Å². The second-order valence-electron chi connectivity index (χ2n) is 1.85. The zero-order valence-electron chi connectivity index (χ0n) is 6.83. The third-order valence-corrected chi connectivity index (χ3v) is 1.05. The zero-order chi connectivity index (χ0) is 7.94. The molecule has 0 aliphatic rings. The molecule has 0 spiro atoms. The maximum atomic E-state index is 3.92. The zero-order valence-corrected chi connectivity index (χ0v) is 9.67. The molecule has 0 aliphatic carbocycles. The smallest absolute Gasteiger partial charge is 0 e. The van der Waals surface area contributed by atoms with Crippen molar-refractivity contribution < 1.29 is 32.7 Å². The molecule has 0 saturated heterocycles. The Labute approximate surface area is 98.2 Å².